The molecule has 7 heteroatoms. The molecule has 0 N–H and O–H groups in total. The Balaban J connectivity index is 3.30. The molecule has 0 unspecified atom stereocenters. The summed E-state index contributed by atoms with van der Waals surface area (Å²) in [5.74, 6) is -0.915. The number of anilines is 1. The zero-order valence-electron chi connectivity index (χ0n) is 14.5. The van der Waals surface area contributed by atoms with E-state index in [1.165, 1.54) is 12.0 Å². The summed E-state index contributed by atoms with van der Waals surface area (Å²) in [6, 6.07) is 2.71. The standard InChI is InChI=1S/C17H22ClNO4S/c1-6-15(21)24-9-14(20)19(12(4)17(22)23-5)16-10(2)7-8-13(18)11(16)3/h7-8,12H,6,9H2,1-5H3/t12-/m0/s1. The fourth-order valence-electron chi connectivity index (χ4n) is 2.31. The highest BCUT2D eigenvalue weighted by Gasteiger charge is 2.31. The van der Waals surface area contributed by atoms with Gasteiger partial charge in [-0.3, -0.25) is 14.5 Å². The largest absolute Gasteiger partial charge is 0.467 e. The summed E-state index contributed by atoms with van der Waals surface area (Å²) in [5.41, 5.74) is 2.09. The predicted molar refractivity (Wildman–Crippen MR) is 97.6 cm³/mol. The van der Waals surface area contributed by atoms with Crippen LogP contribution in [0.2, 0.25) is 5.02 Å². The summed E-state index contributed by atoms with van der Waals surface area (Å²) in [6.45, 7) is 6.96. The fraction of sp³-hybridized carbons (Fsp3) is 0.471. The Bertz CT molecular complexity index is 648. The van der Waals surface area contributed by atoms with E-state index in [9.17, 15) is 14.4 Å². The number of benzene rings is 1. The van der Waals surface area contributed by atoms with Gasteiger partial charge in [-0.15, -0.1) is 0 Å². The van der Waals surface area contributed by atoms with Gasteiger partial charge in [-0.2, -0.15) is 0 Å². The second-order valence-corrected chi connectivity index (χ2v) is 6.75. The Labute approximate surface area is 151 Å². The summed E-state index contributed by atoms with van der Waals surface area (Å²) < 4.78 is 4.78. The maximum Gasteiger partial charge on any atom is 0.328 e. The number of halogens is 1. The molecule has 0 aromatic heterocycles. The first-order chi connectivity index (χ1) is 11.2. The fourth-order valence-corrected chi connectivity index (χ4v) is 3.09. The zero-order valence-corrected chi connectivity index (χ0v) is 16.1. The smallest absolute Gasteiger partial charge is 0.328 e. The summed E-state index contributed by atoms with van der Waals surface area (Å²) in [6.07, 6.45) is 0.347. The molecule has 0 aliphatic carbocycles. The molecule has 24 heavy (non-hydrogen) atoms. The minimum Gasteiger partial charge on any atom is -0.467 e. The van der Waals surface area contributed by atoms with E-state index in [-0.39, 0.29) is 16.8 Å². The van der Waals surface area contributed by atoms with Crippen LogP contribution in [0, 0.1) is 13.8 Å². The number of amides is 1. The van der Waals surface area contributed by atoms with Crippen molar-refractivity contribution in [1.82, 2.24) is 0 Å². The van der Waals surface area contributed by atoms with Crippen LogP contribution < -0.4 is 4.90 Å². The van der Waals surface area contributed by atoms with Gasteiger partial charge >= 0.3 is 5.97 Å². The topological polar surface area (TPSA) is 63.7 Å². The zero-order chi connectivity index (χ0) is 18.4. The van der Waals surface area contributed by atoms with Crippen LogP contribution in [0.1, 0.15) is 31.4 Å². The highest BCUT2D eigenvalue weighted by Crippen LogP contribution is 2.32. The molecule has 5 nitrogen and oxygen atoms in total. The molecule has 0 aliphatic rings. The molecule has 0 saturated heterocycles. The van der Waals surface area contributed by atoms with E-state index in [2.05, 4.69) is 0 Å². The van der Waals surface area contributed by atoms with Crippen molar-refractivity contribution in [2.45, 2.75) is 40.2 Å². The van der Waals surface area contributed by atoms with E-state index in [0.717, 1.165) is 17.3 Å². The molecule has 1 atom stereocenters. The molecule has 0 fully saturated rings. The number of nitrogens with zero attached hydrogens (tertiary/aromatic N) is 1. The lowest BCUT2D eigenvalue weighted by atomic mass is 10.1. The molecular formula is C17H22ClNO4S. The number of esters is 1. The Morgan fingerprint density at radius 2 is 1.92 bits per heavy atom. The Morgan fingerprint density at radius 3 is 2.46 bits per heavy atom. The van der Waals surface area contributed by atoms with Gasteiger partial charge in [0.05, 0.1) is 18.6 Å². The minimum atomic E-state index is -0.823. The Hall–Kier alpha value is -1.53. The average Bonchev–Trinajstić information content (AvgIpc) is 2.58. The van der Waals surface area contributed by atoms with Crippen LogP contribution in [0.15, 0.2) is 12.1 Å². The van der Waals surface area contributed by atoms with Crippen molar-refractivity contribution in [1.29, 1.82) is 0 Å². The number of aryl methyl sites for hydroxylation is 1. The van der Waals surface area contributed by atoms with E-state index in [1.807, 2.05) is 6.92 Å². The second-order valence-electron chi connectivity index (χ2n) is 5.32. The van der Waals surface area contributed by atoms with Crippen molar-refractivity contribution >= 4 is 46.0 Å². The van der Waals surface area contributed by atoms with Crippen LogP contribution in [0.5, 0.6) is 0 Å². The highest BCUT2D eigenvalue weighted by molar-refractivity contribution is 8.14. The SMILES string of the molecule is CCC(=O)SCC(=O)N(c1c(C)ccc(Cl)c1C)[C@@H](C)C(=O)OC. The van der Waals surface area contributed by atoms with Gasteiger partial charge in [-0.25, -0.2) is 4.79 Å². The van der Waals surface area contributed by atoms with E-state index >= 15 is 0 Å². The van der Waals surface area contributed by atoms with Crippen molar-refractivity contribution in [3.8, 4) is 0 Å². The van der Waals surface area contributed by atoms with Gasteiger partial charge in [-0.05, 0) is 38.0 Å². The van der Waals surface area contributed by atoms with Gasteiger partial charge in [0.2, 0.25) is 5.91 Å². The number of methoxy groups -OCH3 is 1. The summed E-state index contributed by atoms with van der Waals surface area (Å²) in [4.78, 5) is 37.6. The number of carbonyl (C=O) groups excluding carboxylic acids is 3. The van der Waals surface area contributed by atoms with Crippen molar-refractivity contribution in [2.75, 3.05) is 17.8 Å². The molecule has 1 rings (SSSR count). The molecule has 0 bridgehead atoms. The highest BCUT2D eigenvalue weighted by atomic mass is 35.5. The second kappa shape index (κ2) is 9.08. The lowest BCUT2D eigenvalue weighted by Gasteiger charge is -2.30. The van der Waals surface area contributed by atoms with Crippen LogP contribution in [0.3, 0.4) is 0 Å². The number of hydrogen-bond donors (Lipinski definition) is 0. The van der Waals surface area contributed by atoms with Gasteiger partial charge < -0.3 is 4.74 Å². The third-order valence-corrected chi connectivity index (χ3v) is 5.06. The molecule has 0 radical (unpaired) electrons. The lowest BCUT2D eigenvalue weighted by molar-refractivity contribution is -0.142. The molecule has 1 aromatic rings. The van der Waals surface area contributed by atoms with Gasteiger partial charge in [0, 0.05) is 11.4 Å². The van der Waals surface area contributed by atoms with Crippen molar-refractivity contribution in [2.24, 2.45) is 0 Å². The monoisotopic (exact) mass is 371 g/mol. The summed E-state index contributed by atoms with van der Waals surface area (Å²) in [7, 11) is 1.27. The van der Waals surface area contributed by atoms with Crippen molar-refractivity contribution in [3.05, 3.63) is 28.3 Å². The summed E-state index contributed by atoms with van der Waals surface area (Å²) >= 11 is 7.13. The third kappa shape index (κ3) is 4.74. The van der Waals surface area contributed by atoms with Crippen LogP contribution >= 0.6 is 23.4 Å². The Kier molecular flexibility index (Phi) is 7.76. The van der Waals surface area contributed by atoms with Gasteiger partial charge in [0.25, 0.3) is 0 Å². The van der Waals surface area contributed by atoms with Gasteiger partial charge in [0.1, 0.15) is 6.04 Å². The number of ether oxygens (including phenoxy) is 1. The first-order valence-corrected chi connectivity index (χ1v) is 8.92. The Morgan fingerprint density at radius 1 is 1.29 bits per heavy atom. The van der Waals surface area contributed by atoms with Crippen LogP contribution in [0.25, 0.3) is 0 Å². The molecule has 0 aliphatic heterocycles. The minimum absolute atomic E-state index is 0.0423. The number of rotatable bonds is 6. The molecule has 1 aromatic carbocycles. The molecule has 0 heterocycles. The molecule has 0 spiro atoms. The van der Waals surface area contributed by atoms with Gasteiger partial charge in [-0.1, -0.05) is 36.4 Å². The predicted octanol–water partition coefficient (Wildman–Crippen LogP) is 3.52. The third-order valence-electron chi connectivity index (χ3n) is 3.65. The normalized spacial score (nSPS) is 11.8. The van der Waals surface area contributed by atoms with E-state index < -0.39 is 12.0 Å². The van der Waals surface area contributed by atoms with E-state index in [1.54, 1.807) is 32.9 Å². The van der Waals surface area contributed by atoms with Crippen molar-refractivity contribution in [3.63, 3.8) is 0 Å². The summed E-state index contributed by atoms with van der Waals surface area (Å²) in [5, 5.41) is 0.427. The number of carbonyl (C=O) groups is 3. The lowest BCUT2D eigenvalue weighted by Crippen LogP contribution is -2.45. The first kappa shape index (κ1) is 20.5. The van der Waals surface area contributed by atoms with Gasteiger partial charge in [0.15, 0.2) is 5.12 Å². The maximum absolute atomic E-state index is 12.7. The maximum atomic E-state index is 12.7. The van der Waals surface area contributed by atoms with Crippen LogP contribution in [-0.4, -0.2) is 35.9 Å². The quantitative estimate of drug-likeness (QED) is 0.716. The van der Waals surface area contributed by atoms with Crippen molar-refractivity contribution < 1.29 is 19.1 Å². The average molecular weight is 372 g/mol. The van der Waals surface area contributed by atoms with E-state index in [0.29, 0.717) is 22.7 Å². The number of hydrogen-bond acceptors (Lipinski definition) is 5. The molecule has 1 amide bonds. The molecule has 0 saturated carbocycles. The first-order valence-electron chi connectivity index (χ1n) is 7.55. The molecule has 132 valence electrons. The van der Waals surface area contributed by atoms with Crippen LogP contribution in [0.4, 0.5) is 5.69 Å². The molecular weight excluding hydrogens is 350 g/mol. The number of thioether (sulfide) groups is 1. The van der Waals surface area contributed by atoms with Crippen LogP contribution in [-0.2, 0) is 19.1 Å². The van der Waals surface area contributed by atoms with E-state index in [4.69, 9.17) is 16.3 Å².